The summed E-state index contributed by atoms with van der Waals surface area (Å²) >= 11 is 0. The Kier molecular flexibility index (Phi) is 12.3. The van der Waals surface area contributed by atoms with Crippen molar-refractivity contribution in [3.8, 4) is 11.5 Å². The molecule has 0 spiro atoms. The summed E-state index contributed by atoms with van der Waals surface area (Å²) in [5.74, 6) is 1.08. The van der Waals surface area contributed by atoms with Crippen LogP contribution in [0.1, 0.15) is 62.0 Å². The van der Waals surface area contributed by atoms with Crippen molar-refractivity contribution in [1.82, 2.24) is 0 Å². The molecule has 0 aliphatic heterocycles. The van der Waals surface area contributed by atoms with Gasteiger partial charge in [0.25, 0.3) is 0 Å². The molecule has 0 aliphatic carbocycles. The highest BCUT2D eigenvalue weighted by atomic mass is 19.1. The summed E-state index contributed by atoms with van der Waals surface area (Å²) in [7, 11) is 3.28. The van der Waals surface area contributed by atoms with E-state index in [0.717, 1.165) is 35.5 Å². The summed E-state index contributed by atoms with van der Waals surface area (Å²) in [6, 6.07) is 10.4. The average Bonchev–Trinajstić information content (AvgIpc) is 2.71. The molecular formula is C24H33FO3. The van der Waals surface area contributed by atoms with Crippen molar-refractivity contribution in [1.29, 1.82) is 0 Å². The Morgan fingerprint density at radius 2 is 1.57 bits per heavy atom. The van der Waals surface area contributed by atoms with Crippen LogP contribution < -0.4 is 9.47 Å². The number of aryl methyl sites for hydroxylation is 1. The largest absolute Gasteiger partial charge is 0.493 e. The predicted molar refractivity (Wildman–Crippen MR) is 116 cm³/mol. The van der Waals surface area contributed by atoms with Crippen molar-refractivity contribution < 1.29 is 18.7 Å². The maximum Gasteiger partial charge on any atom is 0.161 e. The first-order valence-corrected chi connectivity index (χ1v) is 9.51. The van der Waals surface area contributed by atoms with E-state index in [1.807, 2.05) is 32.0 Å². The molecule has 0 heterocycles. The van der Waals surface area contributed by atoms with Crippen LogP contribution >= 0.6 is 0 Å². The van der Waals surface area contributed by atoms with Crippen molar-refractivity contribution in [3.05, 3.63) is 65.5 Å². The molecule has 0 saturated heterocycles. The number of ether oxygens (including phenoxy) is 2. The Hall–Kier alpha value is -2.62. The van der Waals surface area contributed by atoms with Crippen molar-refractivity contribution in [2.75, 3.05) is 14.2 Å². The van der Waals surface area contributed by atoms with Gasteiger partial charge in [0.1, 0.15) is 5.82 Å². The van der Waals surface area contributed by atoms with Gasteiger partial charge in [-0.1, -0.05) is 52.0 Å². The molecule has 2 aromatic carbocycles. The SMILES string of the molecule is C=C(CCC)c1ccc(OC)c(OC)c1.CC.CC(=O)c1ccc(C)c(F)c1. The van der Waals surface area contributed by atoms with E-state index >= 15 is 0 Å². The second-order valence-corrected chi connectivity index (χ2v) is 5.94. The van der Waals surface area contributed by atoms with Gasteiger partial charge in [0.15, 0.2) is 17.3 Å². The molecule has 0 unspecified atom stereocenters. The molecule has 0 saturated carbocycles. The molecule has 2 rings (SSSR count). The number of carbonyl (C=O) groups excluding carboxylic acids is 1. The summed E-state index contributed by atoms with van der Waals surface area (Å²) < 4.78 is 23.2. The highest BCUT2D eigenvalue weighted by Gasteiger charge is 2.06. The molecule has 4 heteroatoms. The van der Waals surface area contributed by atoms with Gasteiger partial charge in [-0.3, -0.25) is 4.79 Å². The van der Waals surface area contributed by atoms with Crippen molar-refractivity contribution in [2.24, 2.45) is 0 Å². The third kappa shape index (κ3) is 7.95. The number of ketones is 1. The molecule has 0 bridgehead atoms. The van der Waals surface area contributed by atoms with Crippen molar-refractivity contribution >= 4 is 11.4 Å². The molecule has 154 valence electrons. The van der Waals surface area contributed by atoms with E-state index < -0.39 is 0 Å². The molecule has 0 amide bonds. The molecule has 2 aromatic rings. The van der Waals surface area contributed by atoms with Gasteiger partial charge in [-0.05, 0) is 55.2 Å². The summed E-state index contributed by atoms with van der Waals surface area (Å²) in [4.78, 5) is 10.7. The van der Waals surface area contributed by atoms with Crippen LogP contribution in [0.2, 0.25) is 0 Å². The molecule has 0 N–H and O–H groups in total. The maximum absolute atomic E-state index is 12.8. The average molecular weight is 389 g/mol. The van der Waals surface area contributed by atoms with Crippen LogP contribution in [-0.4, -0.2) is 20.0 Å². The summed E-state index contributed by atoms with van der Waals surface area (Å²) in [5, 5.41) is 0. The van der Waals surface area contributed by atoms with Gasteiger partial charge in [0, 0.05) is 5.56 Å². The highest BCUT2D eigenvalue weighted by Crippen LogP contribution is 2.30. The topological polar surface area (TPSA) is 35.5 Å². The lowest BCUT2D eigenvalue weighted by atomic mass is 10.0. The van der Waals surface area contributed by atoms with E-state index in [4.69, 9.17) is 9.47 Å². The molecule has 0 aliphatic rings. The lowest BCUT2D eigenvalue weighted by molar-refractivity contribution is 0.101. The molecule has 0 radical (unpaired) electrons. The van der Waals surface area contributed by atoms with Gasteiger partial charge in [0.2, 0.25) is 0 Å². The van der Waals surface area contributed by atoms with Crippen molar-refractivity contribution in [2.45, 2.75) is 47.5 Å². The van der Waals surface area contributed by atoms with Gasteiger partial charge in [-0.2, -0.15) is 0 Å². The second-order valence-electron chi connectivity index (χ2n) is 5.94. The molecule has 0 atom stereocenters. The third-order valence-corrected chi connectivity index (χ3v) is 3.92. The second kappa shape index (κ2) is 13.5. The van der Waals surface area contributed by atoms with E-state index in [0.29, 0.717) is 11.1 Å². The Balaban J connectivity index is 0.000000497. The maximum atomic E-state index is 12.8. The van der Waals surface area contributed by atoms with E-state index in [1.54, 1.807) is 33.3 Å². The molecule has 3 nitrogen and oxygen atoms in total. The molecular weight excluding hydrogens is 355 g/mol. The monoisotopic (exact) mass is 388 g/mol. The predicted octanol–water partition coefficient (Wildman–Crippen LogP) is 6.88. The molecule has 0 fully saturated rings. The van der Waals surface area contributed by atoms with Gasteiger partial charge in [-0.15, -0.1) is 0 Å². The number of hydrogen-bond acceptors (Lipinski definition) is 3. The van der Waals surface area contributed by atoms with Crippen LogP contribution in [-0.2, 0) is 0 Å². The minimum atomic E-state index is -0.322. The lowest BCUT2D eigenvalue weighted by Gasteiger charge is -2.10. The first kappa shape index (κ1) is 25.4. The first-order chi connectivity index (χ1) is 13.3. The van der Waals surface area contributed by atoms with Crippen LogP contribution in [0.3, 0.4) is 0 Å². The fourth-order valence-corrected chi connectivity index (χ4v) is 2.31. The third-order valence-electron chi connectivity index (χ3n) is 3.92. The van der Waals surface area contributed by atoms with E-state index in [1.165, 1.54) is 13.0 Å². The highest BCUT2D eigenvalue weighted by molar-refractivity contribution is 5.94. The number of methoxy groups -OCH3 is 2. The van der Waals surface area contributed by atoms with Gasteiger partial charge in [-0.25, -0.2) is 4.39 Å². The number of benzene rings is 2. The van der Waals surface area contributed by atoms with Gasteiger partial charge >= 0.3 is 0 Å². The number of halogens is 1. The summed E-state index contributed by atoms with van der Waals surface area (Å²) in [6.07, 6.45) is 2.11. The zero-order chi connectivity index (χ0) is 21.7. The Morgan fingerprint density at radius 1 is 1.00 bits per heavy atom. The smallest absolute Gasteiger partial charge is 0.161 e. The van der Waals surface area contributed by atoms with Crippen LogP contribution in [0.5, 0.6) is 11.5 Å². The summed E-state index contributed by atoms with van der Waals surface area (Å²) in [5.41, 5.74) is 3.25. The zero-order valence-electron chi connectivity index (χ0n) is 18.2. The van der Waals surface area contributed by atoms with Crippen LogP contribution in [0, 0.1) is 12.7 Å². The Morgan fingerprint density at radius 3 is 2.04 bits per heavy atom. The van der Waals surface area contributed by atoms with Crippen LogP contribution in [0.25, 0.3) is 5.57 Å². The first-order valence-electron chi connectivity index (χ1n) is 9.51. The van der Waals surface area contributed by atoms with E-state index in [9.17, 15) is 9.18 Å². The van der Waals surface area contributed by atoms with Gasteiger partial charge in [0.05, 0.1) is 14.2 Å². The number of hydrogen-bond donors (Lipinski definition) is 0. The number of allylic oxidation sites excluding steroid dienone is 1. The number of Topliss-reactive ketones (excluding diaryl/α,β-unsaturated/α-hetero) is 1. The normalized spacial score (nSPS) is 9.29. The fourth-order valence-electron chi connectivity index (χ4n) is 2.31. The minimum absolute atomic E-state index is 0.107. The molecule has 0 aromatic heterocycles. The quantitative estimate of drug-likeness (QED) is 0.506. The number of carbonyl (C=O) groups is 1. The molecule has 28 heavy (non-hydrogen) atoms. The van der Waals surface area contributed by atoms with Gasteiger partial charge < -0.3 is 9.47 Å². The van der Waals surface area contributed by atoms with E-state index in [-0.39, 0.29) is 11.6 Å². The van der Waals surface area contributed by atoms with Crippen LogP contribution in [0.4, 0.5) is 4.39 Å². The summed E-state index contributed by atoms with van der Waals surface area (Å²) in [6.45, 7) is 13.3. The van der Waals surface area contributed by atoms with Crippen molar-refractivity contribution in [3.63, 3.8) is 0 Å². The number of rotatable bonds is 6. The van der Waals surface area contributed by atoms with E-state index in [2.05, 4.69) is 13.5 Å². The lowest BCUT2D eigenvalue weighted by Crippen LogP contribution is -1.93. The Bertz CT molecular complexity index is 766. The Labute approximate surface area is 169 Å². The van der Waals surface area contributed by atoms with Crippen LogP contribution in [0.15, 0.2) is 43.0 Å². The minimum Gasteiger partial charge on any atom is -0.493 e. The fraction of sp³-hybridized carbons (Fsp3) is 0.375. The zero-order valence-corrected chi connectivity index (χ0v) is 18.2. The standard InChI is InChI=1S/C13H18O2.C9H9FO.C2H6/c1-5-6-10(2)11-7-8-12(14-3)13(9-11)15-4;1-6-3-4-8(7(2)11)5-9(6)10;1-2/h7-9H,2,5-6H2,1,3-4H3;3-5H,1-2H3;1-2H3.